The van der Waals surface area contributed by atoms with Crippen LogP contribution in [0.5, 0.6) is 0 Å². The second-order valence-electron chi connectivity index (χ2n) is 18.9. The summed E-state index contributed by atoms with van der Waals surface area (Å²) in [7, 11) is 0. The standard InChI is InChI=1S/C55H39BN2S2/c1-54(2,3)30-18-20-31(21-19-30)58-46-25-37-32-12-6-9-15-42(32)55(4,5)43(37)24-38(46)35-22-23-36-39-28-50-40(33-13-7-10-16-48(33)59-50)26-45(39)57-47-27-41-34-14-8-11-17-49(34)60-51(41)29-44(47)56(58)52(35)53(36)57/h6-29H,1-5H3. The number of rotatable bonds is 1. The van der Waals surface area contributed by atoms with Crippen molar-refractivity contribution in [2.45, 2.75) is 45.4 Å². The minimum atomic E-state index is -0.110. The maximum absolute atomic E-state index is 2.71. The largest absolute Gasteiger partial charge is 0.376 e. The van der Waals surface area contributed by atoms with E-state index < -0.39 is 0 Å². The Labute approximate surface area is 357 Å². The molecule has 2 nitrogen and oxygen atoms in total. The molecule has 5 heterocycles. The molecule has 0 spiro atoms. The fraction of sp³-hybridized carbons (Fsp3) is 0.127. The smallest absolute Gasteiger partial charge is 0.333 e. The van der Waals surface area contributed by atoms with Crippen LogP contribution in [-0.2, 0) is 10.8 Å². The van der Waals surface area contributed by atoms with Gasteiger partial charge in [0.25, 0.3) is 0 Å². The fourth-order valence-electron chi connectivity index (χ4n) is 11.4. The number of benzene rings is 8. The van der Waals surface area contributed by atoms with Crippen molar-refractivity contribution in [3.8, 4) is 27.9 Å². The highest BCUT2D eigenvalue weighted by Gasteiger charge is 2.46. The van der Waals surface area contributed by atoms with Crippen LogP contribution in [0.25, 0.3) is 90.1 Å². The Morgan fingerprint density at radius 2 is 1.18 bits per heavy atom. The molecule has 0 saturated heterocycles. The highest BCUT2D eigenvalue weighted by molar-refractivity contribution is 7.26. The molecule has 0 bridgehead atoms. The lowest BCUT2D eigenvalue weighted by Gasteiger charge is -2.42. The summed E-state index contributed by atoms with van der Waals surface area (Å²) >= 11 is 3.83. The Kier molecular flexibility index (Phi) is 6.26. The van der Waals surface area contributed by atoms with Gasteiger partial charge in [0, 0.05) is 79.2 Å². The molecule has 3 aliphatic rings. The fourth-order valence-corrected chi connectivity index (χ4v) is 13.7. The molecule has 284 valence electrons. The molecule has 0 atom stereocenters. The van der Waals surface area contributed by atoms with Crippen LogP contribution in [0.2, 0.25) is 0 Å². The van der Waals surface area contributed by atoms with Crippen molar-refractivity contribution in [2.75, 3.05) is 4.81 Å². The summed E-state index contributed by atoms with van der Waals surface area (Å²) in [6, 6.07) is 56.6. The zero-order valence-electron chi connectivity index (χ0n) is 34.1. The van der Waals surface area contributed by atoms with Gasteiger partial charge in [0.1, 0.15) is 0 Å². The van der Waals surface area contributed by atoms with Gasteiger partial charge in [-0.3, -0.25) is 0 Å². The van der Waals surface area contributed by atoms with Crippen molar-refractivity contribution in [3.05, 3.63) is 162 Å². The van der Waals surface area contributed by atoms with E-state index in [0.29, 0.717) is 0 Å². The van der Waals surface area contributed by atoms with Gasteiger partial charge in [-0.25, -0.2) is 0 Å². The number of thiophene rings is 2. The Bertz CT molecular complexity index is 3740. The molecule has 5 heteroatoms. The third-order valence-electron chi connectivity index (χ3n) is 14.3. The predicted octanol–water partition coefficient (Wildman–Crippen LogP) is 14.4. The van der Waals surface area contributed by atoms with Crippen molar-refractivity contribution in [2.24, 2.45) is 0 Å². The summed E-state index contributed by atoms with van der Waals surface area (Å²) in [5, 5.41) is 7.99. The van der Waals surface area contributed by atoms with Gasteiger partial charge in [0.15, 0.2) is 0 Å². The molecule has 2 aliphatic heterocycles. The van der Waals surface area contributed by atoms with Crippen molar-refractivity contribution in [1.29, 1.82) is 0 Å². The monoisotopic (exact) mass is 802 g/mol. The summed E-state index contributed by atoms with van der Waals surface area (Å²) in [4.78, 5) is 2.71. The minimum Gasteiger partial charge on any atom is -0.376 e. The number of anilines is 2. The zero-order chi connectivity index (χ0) is 40.0. The van der Waals surface area contributed by atoms with E-state index in [1.807, 2.05) is 22.7 Å². The first-order chi connectivity index (χ1) is 29.1. The van der Waals surface area contributed by atoms with E-state index in [1.54, 1.807) is 0 Å². The third-order valence-corrected chi connectivity index (χ3v) is 16.6. The second kappa shape index (κ2) is 11.2. The highest BCUT2D eigenvalue weighted by Crippen LogP contribution is 2.55. The molecule has 0 amide bonds. The lowest BCUT2D eigenvalue weighted by atomic mass is 9.44. The Morgan fingerprint density at radius 3 is 1.93 bits per heavy atom. The Hall–Kier alpha value is -6.14. The molecule has 60 heavy (non-hydrogen) atoms. The number of aromatic nitrogens is 1. The van der Waals surface area contributed by atoms with E-state index in [2.05, 4.69) is 190 Å². The van der Waals surface area contributed by atoms with Crippen LogP contribution in [0.3, 0.4) is 0 Å². The quantitative estimate of drug-likeness (QED) is 0.150. The zero-order valence-corrected chi connectivity index (χ0v) is 35.8. The molecule has 14 rings (SSSR count). The first kappa shape index (κ1) is 33.7. The van der Waals surface area contributed by atoms with Crippen molar-refractivity contribution in [1.82, 2.24) is 4.57 Å². The number of hydrogen-bond acceptors (Lipinski definition) is 3. The summed E-state index contributed by atoms with van der Waals surface area (Å²) in [5.74, 6) is 0. The molecule has 0 fully saturated rings. The van der Waals surface area contributed by atoms with E-state index in [0.717, 1.165) is 0 Å². The average molecular weight is 803 g/mol. The van der Waals surface area contributed by atoms with Gasteiger partial charge >= 0.3 is 6.85 Å². The maximum Gasteiger partial charge on any atom is 0.333 e. The summed E-state index contributed by atoms with van der Waals surface area (Å²) < 4.78 is 8.02. The highest BCUT2D eigenvalue weighted by atomic mass is 32.1. The minimum absolute atomic E-state index is 0.0391. The van der Waals surface area contributed by atoms with Gasteiger partial charge in [-0.05, 0) is 110 Å². The molecule has 0 saturated carbocycles. The Morgan fingerprint density at radius 1 is 0.500 bits per heavy atom. The van der Waals surface area contributed by atoms with E-state index >= 15 is 0 Å². The number of fused-ring (bicyclic) bond motifs is 17. The number of nitrogens with zero attached hydrogens (tertiary/aromatic N) is 2. The molecule has 0 unspecified atom stereocenters. The third kappa shape index (κ3) is 4.15. The summed E-state index contributed by atoms with van der Waals surface area (Å²) in [6.45, 7) is 11.7. The lowest BCUT2D eigenvalue weighted by molar-refractivity contribution is 0.590. The molecule has 0 radical (unpaired) electrons. The SMILES string of the molecule is CC(C)(C)c1ccc(N2B3c4cc5sc6ccccc6c5cc4-n4c5cc6c(cc5c5ccc(c3c54)-c3cc4c(cc32)-c2ccccc2C4(C)C)sc2ccccc26)cc1. The lowest BCUT2D eigenvalue weighted by Crippen LogP contribution is -2.60. The first-order valence-corrected chi connectivity index (χ1v) is 22.8. The van der Waals surface area contributed by atoms with Crippen molar-refractivity contribution in [3.63, 3.8) is 0 Å². The van der Waals surface area contributed by atoms with Crippen LogP contribution in [0, 0.1) is 0 Å². The summed E-state index contributed by atoms with van der Waals surface area (Å²) in [5.41, 5.74) is 18.7. The average Bonchev–Trinajstić information content (AvgIpc) is 3.97. The molecule has 1 aliphatic carbocycles. The molecule has 11 aromatic rings. The normalized spacial score (nSPS) is 14.8. The first-order valence-electron chi connectivity index (χ1n) is 21.2. The van der Waals surface area contributed by atoms with Crippen LogP contribution in [0.15, 0.2) is 146 Å². The molecule has 3 aromatic heterocycles. The van der Waals surface area contributed by atoms with E-state index in [-0.39, 0.29) is 17.7 Å². The van der Waals surface area contributed by atoms with Crippen LogP contribution in [0.4, 0.5) is 11.4 Å². The number of hydrogen-bond donors (Lipinski definition) is 0. The van der Waals surface area contributed by atoms with Crippen molar-refractivity contribution < 1.29 is 0 Å². The van der Waals surface area contributed by atoms with Gasteiger partial charge in [-0.1, -0.05) is 120 Å². The van der Waals surface area contributed by atoms with Gasteiger partial charge in [-0.15, -0.1) is 22.7 Å². The van der Waals surface area contributed by atoms with Gasteiger partial charge in [0.2, 0.25) is 0 Å². The Balaban J connectivity index is 1.16. The van der Waals surface area contributed by atoms with Crippen LogP contribution >= 0.6 is 22.7 Å². The topological polar surface area (TPSA) is 8.17 Å². The van der Waals surface area contributed by atoms with Crippen LogP contribution < -0.4 is 15.7 Å². The van der Waals surface area contributed by atoms with Gasteiger partial charge in [-0.2, -0.15) is 0 Å². The van der Waals surface area contributed by atoms with E-state index in [1.165, 1.54) is 129 Å². The summed E-state index contributed by atoms with van der Waals surface area (Å²) in [6.07, 6.45) is 0. The molecule has 0 N–H and O–H groups in total. The van der Waals surface area contributed by atoms with Crippen molar-refractivity contribution >= 4 is 114 Å². The van der Waals surface area contributed by atoms with Crippen LogP contribution in [0.1, 0.15) is 51.3 Å². The molecular formula is C55H39BN2S2. The van der Waals surface area contributed by atoms with Crippen LogP contribution in [-0.4, -0.2) is 11.4 Å². The second-order valence-corrected chi connectivity index (χ2v) is 21.1. The van der Waals surface area contributed by atoms with E-state index in [9.17, 15) is 0 Å². The van der Waals surface area contributed by atoms with Gasteiger partial charge in [0.05, 0.1) is 11.0 Å². The van der Waals surface area contributed by atoms with Gasteiger partial charge < -0.3 is 9.38 Å². The molecule has 8 aromatic carbocycles. The maximum atomic E-state index is 2.71. The molecular weight excluding hydrogens is 764 g/mol. The van der Waals surface area contributed by atoms with E-state index in [4.69, 9.17) is 0 Å². The predicted molar refractivity (Wildman–Crippen MR) is 262 cm³/mol.